The Hall–Kier alpha value is -0.910. The van der Waals surface area contributed by atoms with Gasteiger partial charge in [-0.15, -0.1) is 0 Å². The molecule has 0 spiro atoms. The quantitative estimate of drug-likeness (QED) is 0.719. The molecule has 0 saturated carbocycles. The van der Waals surface area contributed by atoms with Crippen LogP contribution in [0.15, 0.2) is 11.6 Å². The maximum atomic E-state index is 12.2. The van der Waals surface area contributed by atoms with E-state index in [0.717, 1.165) is 51.4 Å². The van der Waals surface area contributed by atoms with Gasteiger partial charge in [0.15, 0.2) is 0 Å². The summed E-state index contributed by atoms with van der Waals surface area (Å²) >= 11 is 0. The number of allylic oxidation sites excluding steroid dienone is 1. The Morgan fingerprint density at radius 1 is 1.40 bits per heavy atom. The normalized spacial score (nSPS) is 27.1. The van der Waals surface area contributed by atoms with Crippen molar-refractivity contribution in [3.05, 3.63) is 11.6 Å². The van der Waals surface area contributed by atoms with Crippen LogP contribution in [0.4, 0.5) is 0 Å². The lowest BCUT2D eigenvalue weighted by Gasteiger charge is -2.46. The summed E-state index contributed by atoms with van der Waals surface area (Å²) in [6.45, 7) is 8.82. The highest BCUT2D eigenvalue weighted by Gasteiger charge is 2.37. The van der Waals surface area contributed by atoms with E-state index in [-0.39, 0.29) is 12.0 Å². The van der Waals surface area contributed by atoms with Gasteiger partial charge >= 0.3 is 0 Å². The smallest absolute Gasteiger partial charge is 0.246 e. The Kier molecular flexibility index (Phi) is 5.57. The maximum absolute atomic E-state index is 12.2. The number of likely N-dealkylation sites (tertiary alicyclic amines) is 1. The summed E-state index contributed by atoms with van der Waals surface area (Å²) in [4.78, 5) is 16.5. The summed E-state index contributed by atoms with van der Waals surface area (Å²) in [5.74, 6) is 0.126. The number of amides is 1. The number of ether oxygens (including phenoxy) is 2. The number of hydrogen-bond acceptors (Lipinski definition) is 4. The van der Waals surface area contributed by atoms with Gasteiger partial charge in [0, 0.05) is 39.4 Å². The van der Waals surface area contributed by atoms with Gasteiger partial charge < -0.3 is 14.4 Å². The molecular formula is C15H26N2O3. The van der Waals surface area contributed by atoms with Crippen LogP contribution in [0.3, 0.4) is 0 Å². The molecule has 20 heavy (non-hydrogen) atoms. The summed E-state index contributed by atoms with van der Waals surface area (Å²) in [5.41, 5.74) is 1.05. The van der Waals surface area contributed by atoms with Crippen LogP contribution in [0.2, 0.25) is 0 Å². The van der Waals surface area contributed by atoms with Crippen LogP contribution in [0.25, 0.3) is 0 Å². The van der Waals surface area contributed by atoms with Crippen molar-refractivity contribution in [1.29, 1.82) is 0 Å². The van der Waals surface area contributed by atoms with Crippen LogP contribution in [0.1, 0.15) is 20.3 Å². The van der Waals surface area contributed by atoms with Crippen molar-refractivity contribution in [1.82, 2.24) is 9.80 Å². The molecule has 2 aliphatic rings. The van der Waals surface area contributed by atoms with E-state index in [0.29, 0.717) is 6.04 Å². The lowest BCUT2D eigenvalue weighted by Crippen LogP contribution is -2.61. The number of carbonyl (C=O) groups is 1. The van der Waals surface area contributed by atoms with E-state index in [4.69, 9.17) is 9.47 Å². The highest BCUT2D eigenvalue weighted by atomic mass is 16.5. The molecule has 0 aliphatic carbocycles. The van der Waals surface area contributed by atoms with Gasteiger partial charge in [-0.25, -0.2) is 0 Å². The second-order valence-corrected chi connectivity index (χ2v) is 5.80. The Balaban J connectivity index is 1.99. The number of rotatable bonds is 4. The minimum atomic E-state index is 0.126. The molecule has 114 valence electrons. The number of fused-ring (bicyclic) bond motifs is 1. The predicted octanol–water partition coefficient (Wildman–Crippen LogP) is 0.901. The Morgan fingerprint density at radius 3 is 2.90 bits per heavy atom. The monoisotopic (exact) mass is 282 g/mol. The van der Waals surface area contributed by atoms with Gasteiger partial charge in [0.05, 0.1) is 25.4 Å². The van der Waals surface area contributed by atoms with Gasteiger partial charge in [0.25, 0.3) is 0 Å². The fourth-order valence-corrected chi connectivity index (χ4v) is 2.97. The van der Waals surface area contributed by atoms with E-state index in [2.05, 4.69) is 4.90 Å². The van der Waals surface area contributed by atoms with Gasteiger partial charge in [0.2, 0.25) is 5.91 Å². The van der Waals surface area contributed by atoms with Gasteiger partial charge in [-0.3, -0.25) is 9.69 Å². The van der Waals surface area contributed by atoms with Crippen molar-refractivity contribution in [2.75, 3.05) is 46.5 Å². The van der Waals surface area contributed by atoms with E-state index in [9.17, 15) is 4.79 Å². The Morgan fingerprint density at radius 2 is 2.20 bits per heavy atom. The minimum Gasteiger partial charge on any atom is -0.383 e. The molecule has 0 aromatic heterocycles. The van der Waals surface area contributed by atoms with Crippen molar-refractivity contribution in [2.45, 2.75) is 32.4 Å². The first-order valence-electron chi connectivity index (χ1n) is 7.40. The Labute approximate surface area is 121 Å². The molecular weight excluding hydrogens is 256 g/mol. The topological polar surface area (TPSA) is 42.0 Å². The van der Waals surface area contributed by atoms with Crippen LogP contribution in [-0.4, -0.2) is 74.4 Å². The van der Waals surface area contributed by atoms with Crippen molar-refractivity contribution in [3.8, 4) is 0 Å². The summed E-state index contributed by atoms with van der Waals surface area (Å²) in [7, 11) is 1.73. The first kappa shape index (κ1) is 15.5. The van der Waals surface area contributed by atoms with E-state index in [1.165, 1.54) is 0 Å². The number of piperidine rings is 1. The zero-order chi connectivity index (χ0) is 14.5. The second kappa shape index (κ2) is 7.20. The molecule has 2 heterocycles. The third kappa shape index (κ3) is 3.81. The SMILES string of the molecule is COCCN1CCO[C@H]2CCN(C(=O)C=C(C)C)C[C@@H]21. The Bertz CT molecular complexity index is 366. The van der Waals surface area contributed by atoms with Crippen LogP contribution in [-0.2, 0) is 14.3 Å². The first-order valence-corrected chi connectivity index (χ1v) is 7.40. The van der Waals surface area contributed by atoms with E-state index in [1.807, 2.05) is 18.7 Å². The molecule has 1 amide bonds. The number of hydrogen-bond donors (Lipinski definition) is 0. The molecule has 0 unspecified atom stereocenters. The fraction of sp³-hybridized carbons (Fsp3) is 0.800. The minimum absolute atomic E-state index is 0.126. The number of methoxy groups -OCH3 is 1. The standard InChI is InChI=1S/C15H26N2O3/c1-12(2)10-15(18)17-5-4-14-13(11-17)16(6-8-19-3)7-9-20-14/h10,13-14H,4-9,11H2,1-3H3/t13-,14-/m0/s1. The predicted molar refractivity (Wildman–Crippen MR) is 77.6 cm³/mol. The molecule has 2 aliphatic heterocycles. The molecule has 2 fully saturated rings. The summed E-state index contributed by atoms with van der Waals surface area (Å²) in [5, 5.41) is 0. The average molecular weight is 282 g/mol. The highest BCUT2D eigenvalue weighted by Crippen LogP contribution is 2.23. The maximum Gasteiger partial charge on any atom is 0.246 e. The zero-order valence-electron chi connectivity index (χ0n) is 12.8. The zero-order valence-corrected chi connectivity index (χ0v) is 12.8. The van der Waals surface area contributed by atoms with E-state index >= 15 is 0 Å². The number of carbonyl (C=O) groups excluding carboxylic acids is 1. The summed E-state index contributed by atoms with van der Waals surface area (Å²) < 4.78 is 11.0. The van der Waals surface area contributed by atoms with Crippen LogP contribution in [0, 0.1) is 0 Å². The van der Waals surface area contributed by atoms with Gasteiger partial charge in [-0.05, 0) is 20.3 Å². The third-order valence-electron chi connectivity index (χ3n) is 4.01. The van der Waals surface area contributed by atoms with Gasteiger partial charge in [-0.1, -0.05) is 5.57 Å². The van der Waals surface area contributed by atoms with Crippen molar-refractivity contribution in [2.24, 2.45) is 0 Å². The van der Waals surface area contributed by atoms with Gasteiger partial charge in [0.1, 0.15) is 0 Å². The van der Waals surface area contributed by atoms with Gasteiger partial charge in [-0.2, -0.15) is 0 Å². The second-order valence-electron chi connectivity index (χ2n) is 5.80. The molecule has 2 atom stereocenters. The molecule has 2 saturated heterocycles. The summed E-state index contributed by atoms with van der Waals surface area (Å²) in [6, 6.07) is 0.308. The lowest BCUT2D eigenvalue weighted by molar-refractivity contribution is -0.138. The summed E-state index contributed by atoms with van der Waals surface area (Å²) in [6.07, 6.45) is 2.91. The molecule has 5 heteroatoms. The molecule has 2 rings (SSSR count). The number of nitrogens with zero attached hydrogens (tertiary/aromatic N) is 2. The highest BCUT2D eigenvalue weighted by molar-refractivity contribution is 5.88. The van der Waals surface area contributed by atoms with E-state index in [1.54, 1.807) is 13.2 Å². The fourth-order valence-electron chi connectivity index (χ4n) is 2.97. The molecule has 0 bridgehead atoms. The largest absolute Gasteiger partial charge is 0.383 e. The van der Waals surface area contributed by atoms with E-state index < -0.39 is 0 Å². The molecule has 0 radical (unpaired) electrons. The van der Waals surface area contributed by atoms with Crippen LogP contribution in [0.5, 0.6) is 0 Å². The average Bonchev–Trinajstić information content (AvgIpc) is 2.43. The molecule has 0 N–H and O–H groups in total. The third-order valence-corrected chi connectivity index (χ3v) is 4.01. The first-order chi connectivity index (χ1) is 9.61. The lowest BCUT2D eigenvalue weighted by atomic mass is 9.98. The molecule has 0 aromatic carbocycles. The number of morpholine rings is 1. The van der Waals surface area contributed by atoms with Crippen molar-refractivity contribution < 1.29 is 14.3 Å². The molecule has 5 nitrogen and oxygen atoms in total. The van der Waals surface area contributed by atoms with Crippen LogP contribution < -0.4 is 0 Å². The molecule has 0 aromatic rings. The van der Waals surface area contributed by atoms with Crippen molar-refractivity contribution in [3.63, 3.8) is 0 Å². The van der Waals surface area contributed by atoms with Crippen molar-refractivity contribution >= 4 is 5.91 Å². The van der Waals surface area contributed by atoms with Crippen LogP contribution >= 0.6 is 0 Å².